The van der Waals surface area contributed by atoms with Crippen LogP contribution >= 0.6 is 0 Å². The van der Waals surface area contributed by atoms with Crippen molar-refractivity contribution in [2.24, 2.45) is 0 Å². The van der Waals surface area contributed by atoms with E-state index in [2.05, 4.69) is 4.72 Å². The Morgan fingerprint density at radius 1 is 1.16 bits per heavy atom. The summed E-state index contributed by atoms with van der Waals surface area (Å²) in [5.41, 5.74) is 1.98. The van der Waals surface area contributed by atoms with Gasteiger partial charge in [-0.1, -0.05) is 12.8 Å². The van der Waals surface area contributed by atoms with Gasteiger partial charge >= 0.3 is 0 Å². The van der Waals surface area contributed by atoms with Gasteiger partial charge in [0.2, 0.25) is 10.0 Å². The maximum atomic E-state index is 12.4. The number of benzene rings is 1. The van der Waals surface area contributed by atoms with E-state index in [4.69, 9.17) is 4.74 Å². The molecule has 106 valence electrons. The monoisotopic (exact) mass is 283 g/mol. The molecule has 4 nitrogen and oxygen atoms in total. The number of hydrogen-bond acceptors (Lipinski definition) is 3. The lowest BCUT2D eigenvalue weighted by molar-refractivity contribution is 0.401. The lowest BCUT2D eigenvalue weighted by Gasteiger charge is -2.16. The summed E-state index contributed by atoms with van der Waals surface area (Å²) in [6, 6.07) is 3.53. The summed E-state index contributed by atoms with van der Waals surface area (Å²) < 4.78 is 32.9. The molecule has 1 N–H and O–H groups in total. The first kappa shape index (κ1) is 14.3. The maximum absolute atomic E-state index is 12.4. The Labute approximate surface area is 115 Å². The number of hydrogen-bond donors (Lipinski definition) is 1. The molecule has 0 aromatic heterocycles. The van der Waals surface area contributed by atoms with Crippen LogP contribution in [0.5, 0.6) is 5.75 Å². The second kappa shape index (κ2) is 5.51. The highest BCUT2D eigenvalue weighted by Gasteiger charge is 2.26. The Balaban J connectivity index is 2.36. The van der Waals surface area contributed by atoms with Crippen molar-refractivity contribution in [3.63, 3.8) is 0 Å². The highest BCUT2D eigenvalue weighted by Crippen LogP contribution is 2.28. The number of methoxy groups -OCH3 is 1. The number of nitrogens with one attached hydrogen (secondary N) is 1. The third-order valence-electron chi connectivity index (χ3n) is 3.75. The van der Waals surface area contributed by atoms with Crippen LogP contribution in [-0.2, 0) is 10.0 Å². The molecular weight excluding hydrogens is 262 g/mol. The van der Waals surface area contributed by atoms with Gasteiger partial charge in [0.15, 0.2) is 0 Å². The highest BCUT2D eigenvalue weighted by atomic mass is 32.2. The van der Waals surface area contributed by atoms with Crippen molar-refractivity contribution in [3.8, 4) is 5.75 Å². The van der Waals surface area contributed by atoms with E-state index in [0.29, 0.717) is 5.75 Å². The van der Waals surface area contributed by atoms with Gasteiger partial charge in [0.1, 0.15) is 10.6 Å². The molecule has 0 heterocycles. The van der Waals surface area contributed by atoms with E-state index >= 15 is 0 Å². The first-order chi connectivity index (χ1) is 8.94. The average molecular weight is 283 g/mol. The summed E-state index contributed by atoms with van der Waals surface area (Å²) >= 11 is 0. The quantitative estimate of drug-likeness (QED) is 0.924. The van der Waals surface area contributed by atoms with Crippen LogP contribution in [0.1, 0.15) is 36.8 Å². The SMILES string of the molecule is COc1cc(C)c(C)cc1S(=O)(=O)NC1CCCC1. The van der Waals surface area contributed by atoms with Crippen LogP contribution in [0.3, 0.4) is 0 Å². The molecule has 0 radical (unpaired) electrons. The first-order valence-electron chi connectivity index (χ1n) is 6.61. The van der Waals surface area contributed by atoms with Gasteiger partial charge in [-0.25, -0.2) is 13.1 Å². The number of aryl methyl sites for hydroxylation is 2. The summed E-state index contributed by atoms with van der Waals surface area (Å²) in [6.45, 7) is 3.85. The van der Waals surface area contributed by atoms with Crippen LogP contribution < -0.4 is 9.46 Å². The Morgan fingerprint density at radius 3 is 2.32 bits per heavy atom. The smallest absolute Gasteiger partial charge is 0.244 e. The van der Waals surface area contributed by atoms with Crippen LogP contribution in [0.4, 0.5) is 0 Å². The van der Waals surface area contributed by atoms with E-state index in [-0.39, 0.29) is 10.9 Å². The molecule has 0 bridgehead atoms. The molecule has 0 atom stereocenters. The predicted molar refractivity (Wildman–Crippen MR) is 75.0 cm³/mol. The maximum Gasteiger partial charge on any atom is 0.244 e. The largest absolute Gasteiger partial charge is 0.495 e. The van der Waals surface area contributed by atoms with E-state index in [9.17, 15) is 8.42 Å². The molecule has 1 aliphatic carbocycles. The fourth-order valence-electron chi connectivity index (χ4n) is 2.46. The van der Waals surface area contributed by atoms with E-state index < -0.39 is 10.0 Å². The molecule has 1 fully saturated rings. The van der Waals surface area contributed by atoms with E-state index in [1.165, 1.54) is 7.11 Å². The molecule has 0 amide bonds. The van der Waals surface area contributed by atoms with Crippen LogP contribution in [-0.4, -0.2) is 21.6 Å². The molecule has 0 aliphatic heterocycles. The minimum Gasteiger partial charge on any atom is -0.495 e. The molecule has 1 aromatic carbocycles. The van der Waals surface area contributed by atoms with Gasteiger partial charge in [0, 0.05) is 6.04 Å². The number of rotatable bonds is 4. The highest BCUT2D eigenvalue weighted by molar-refractivity contribution is 7.89. The molecule has 0 saturated heterocycles. The van der Waals surface area contributed by atoms with Crippen molar-refractivity contribution in [1.82, 2.24) is 4.72 Å². The summed E-state index contributed by atoms with van der Waals surface area (Å²) in [4.78, 5) is 0.241. The minimum atomic E-state index is -3.50. The Morgan fingerprint density at radius 2 is 1.74 bits per heavy atom. The van der Waals surface area contributed by atoms with Gasteiger partial charge in [-0.2, -0.15) is 0 Å². The molecule has 2 rings (SSSR count). The van der Waals surface area contributed by atoms with Crippen LogP contribution in [0.25, 0.3) is 0 Å². The predicted octanol–water partition coefficient (Wildman–Crippen LogP) is 2.53. The second-order valence-electron chi connectivity index (χ2n) is 5.19. The molecule has 1 aromatic rings. The van der Waals surface area contributed by atoms with Crippen molar-refractivity contribution in [2.75, 3.05) is 7.11 Å². The Kier molecular flexibility index (Phi) is 4.16. The van der Waals surface area contributed by atoms with Gasteiger partial charge in [0.25, 0.3) is 0 Å². The third-order valence-corrected chi connectivity index (χ3v) is 5.29. The van der Waals surface area contributed by atoms with Crippen molar-refractivity contribution < 1.29 is 13.2 Å². The van der Waals surface area contributed by atoms with Crippen molar-refractivity contribution >= 4 is 10.0 Å². The summed E-state index contributed by atoms with van der Waals surface area (Å²) in [5.74, 6) is 0.411. The van der Waals surface area contributed by atoms with Crippen LogP contribution in [0.15, 0.2) is 17.0 Å². The fraction of sp³-hybridized carbons (Fsp3) is 0.571. The molecule has 5 heteroatoms. The minimum absolute atomic E-state index is 0.0660. The standard InChI is InChI=1S/C14H21NO3S/c1-10-8-13(18-3)14(9-11(10)2)19(16,17)15-12-6-4-5-7-12/h8-9,12,15H,4-7H2,1-3H3. The molecule has 0 spiro atoms. The fourth-order valence-corrected chi connectivity index (χ4v) is 4.00. The zero-order chi connectivity index (χ0) is 14.0. The summed E-state index contributed by atoms with van der Waals surface area (Å²) in [5, 5.41) is 0. The zero-order valence-corrected chi connectivity index (χ0v) is 12.5. The number of ether oxygens (including phenoxy) is 1. The summed E-state index contributed by atoms with van der Waals surface area (Å²) in [7, 11) is -2.00. The normalized spacial score (nSPS) is 16.8. The topological polar surface area (TPSA) is 55.4 Å². The first-order valence-corrected chi connectivity index (χ1v) is 8.10. The van der Waals surface area contributed by atoms with Crippen molar-refractivity contribution in [2.45, 2.75) is 50.5 Å². The molecule has 1 aliphatic rings. The van der Waals surface area contributed by atoms with Crippen LogP contribution in [0, 0.1) is 13.8 Å². The Bertz CT molecular complexity index is 560. The van der Waals surface area contributed by atoms with Crippen molar-refractivity contribution in [1.29, 1.82) is 0 Å². The van der Waals surface area contributed by atoms with E-state index in [0.717, 1.165) is 36.8 Å². The third kappa shape index (κ3) is 3.09. The molecular formula is C14H21NO3S. The molecule has 0 unspecified atom stereocenters. The molecule has 19 heavy (non-hydrogen) atoms. The van der Waals surface area contributed by atoms with Gasteiger partial charge in [-0.05, 0) is 49.9 Å². The van der Waals surface area contributed by atoms with Crippen LogP contribution in [0.2, 0.25) is 0 Å². The summed E-state index contributed by atoms with van der Waals surface area (Å²) in [6.07, 6.45) is 4.03. The van der Waals surface area contributed by atoms with E-state index in [1.54, 1.807) is 12.1 Å². The average Bonchev–Trinajstić information content (AvgIpc) is 2.84. The van der Waals surface area contributed by atoms with E-state index in [1.807, 2.05) is 13.8 Å². The molecule has 1 saturated carbocycles. The lowest BCUT2D eigenvalue weighted by Crippen LogP contribution is -2.32. The Hall–Kier alpha value is -1.07. The van der Waals surface area contributed by atoms with Gasteiger partial charge in [0.05, 0.1) is 7.11 Å². The number of sulfonamides is 1. The zero-order valence-electron chi connectivity index (χ0n) is 11.7. The van der Waals surface area contributed by atoms with Gasteiger partial charge < -0.3 is 4.74 Å². The van der Waals surface area contributed by atoms with Gasteiger partial charge in [-0.3, -0.25) is 0 Å². The second-order valence-corrected chi connectivity index (χ2v) is 6.87. The van der Waals surface area contributed by atoms with Crippen molar-refractivity contribution in [3.05, 3.63) is 23.3 Å². The van der Waals surface area contributed by atoms with Gasteiger partial charge in [-0.15, -0.1) is 0 Å². The lowest BCUT2D eigenvalue weighted by atomic mass is 10.1.